The smallest absolute Gasteiger partial charge is 0.315 e. The summed E-state index contributed by atoms with van der Waals surface area (Å²) in [5.41, 5.74) is 1.38. The van der Waals surface area contributed by atoms with E-state index in [1.165, 1.54) is 7.11 Å². The predicted octanol–water partition coefficient (Wildman–Crippen LogP) is 2.78. The molecule has 0 aliphatic heterocycles. The van der Waals surface area contributed by atoms with E-state index in [0.717, 1.165) is 11.1 Å². The van der Waals surface area contributed by atoms with Gasteiger partial charge >= 0.3 is 5.97 Å². The van der Waals surface area contributed by atoms with Gasteiger partial charge in [0.2, 0.25) is 0 Å². The third-order valence-electron chi connectivity index (χ3n) is 2.56. The van der Waals surface area contributed by atoms with Gasteiger partial charge in [-0.2, -0.15) is 0 Å². The van der Waals surface area contributed by atoms with Crippen LogP contribution in [0, 0.1) is 0 Å². The molecule has 0 fully saturated rings. The minimum absolute atomic E-state index is 0.228. The van der Waals surface area contributed by atoms with Crippen LogP contribution >= 0.6 is 0 Å². The summed E-state index contributed by atoms with van der Waals surface area (Å²) in [6.45, 7) is 7.38. The maximum absolute atomic E-state index is 11.5. The molecule has 1 aromatic rings. The van der Waals surface area contributed by atoms with Crippen LogP contribution in [0.3, 0.4) is 0 Å². The lowest BCUT2D eigenvalue weighted by atomic mass is 9.84. The molecule has 0 spiro atoms. The van der Waals surface area contributed by atoms with E-state index in [0.29, 0.717) is 0 Å². The molecule has 0 unspecified atom stereocenters. The van der Waals surface area contributed by atoms with Crippen molar-refractivity contribution in [2.75, 3.05) is 7.11 Å². The van der Waals surface area contributed by atoms with Crippen LogP contribution in [-0.4, -0.2) is 13.1 Å². The van der Waals surface area contributed by atoms with Gasteiger partial charge in [0, 0.05) is 0 Å². The summed E-state index contributed by atoms with van der Waals surface area (Å²) < 4.78 is 4.77. The van der Waals surface area contributed by atoms with Crippen LogP contribution in [-0.2, 0) is 14.9 Å². The van der Waals surface area contributed by atoms with Crippen molar-refractivity contribution in [2.24, 2.45) is 0 Å². The number of benzene rings is 1. The minimum Gasteiger partial charge on any atom is -0.468 e. The number of rotatable bonds is 3. The molecule has 2 nitrogen and oxygen atoms in total. The Morgan fingerprint density at radius 3 is 2.27 bits per heavy atom. The van der Waals surface area contributed by atoms with E-state index in [4.69, 9.17) is 4.74 Å². The second kappa shape index (κ2) is 4.30. The van der Waals surface area contributed by atoms with Crippen LogP contribution in [0.4, 0.5) is 0 Å². The highest BCUT2D eigenvalue weighted by atomic mass is 16.5. The highest BCUT2D eigenvalue weighted by molar-refractivity contribution is 5.82. The van der Waals surface area contributed by atoms with Crippen LogP contribution in [0.25, 0.3) is 6.08 Å². The second-order valence-electron chi connectivity index (χ2n) is 3.94. The highest BCUT2D eigenvalue weighted by Gasteiger charge is 2.30. The summed E-state index contributed by atoms with van der Waals surface area (Å²) in [4.78, 5) is 11.5. The quantitative estimate of drug-likeness (QED) is 0.708. The number of hydrogen-bond donors (Lipinski definition) is 0. The fraction of sp³-hybridized carbons (Fsp3) is 0.308. The van der Waals surface area contributed by atoms with Crippen molar-refractivity contribution in [3.63, 3.8) is 0 Å². The van der Waals surface area contributed by atoms with Crippen LogP contribution in [0.2, 0.25) is 0 Å². The Balaban J connectivity index is 3.05. The van der Waals surface area contributed by atoms with Gasteiger partial charge in [-0.05, 0) is 25.0 Å². The van der Waals surface area contributed by atoms with Gasteiger partial charge in [0.25, 0.3) is 0 Å². The molecule has 0 bridgehead atoms. The molecule has 0 saturated carbocycles. The van der Waals surface area contributed by atoms with Crippen molar-refractivity contribution in [2.45, 2.75) is 19.3 Å². The van der Waals surface area contributed by atoms with E-state index in [9.17, 15) is 4.79 Å². The maximum Gasteiger partial charge on any atom is 0.315 e. The second-order valence-corrected chi connectivity index (χ2v) is 3.94. The zero-order chi connectivity index (χ0) is 11.5. The molecule has 0 aliphatic rings. The van der Waals surface area contributed by atoms with Gasteiger partial charge in [0.1, 0.15) is 0 Å². The van der Waals surface area contributed by atoms with Crippen molar-refractivity contribution in [1.82, 2.24) is 0 Å². The molecule has 2 heteroatoms. The number of carbonyl (C=O) groups is 1. The summed E-state index contributed by atoms with van der Waals surface area (Å²) in [5.74, 6) is -0.228. The predicted molar refractivity (Wildman–Crippen MR) is 61.6 cm³/mol. The Morgan fingerprint density at radius 1 is 1.33 bits per heavy atom. The fourth-order valence-electron chi connectivity index (χ4n) is 1.41. The average molecular weight is 204 g/mol. The van der Waals surface area contributed by atoms with Gasteiger partial charge in [-0.15, -0.1) is 0 Å². The van der Waals surface area contributed by atoms with Gasteiger partial charge in [-0.25, -0.2) is 0 Å². The number of esters is 1. The monoisotopic (exact) mass is 204 g/mol. The normalized spacial score (nSPS) is 10.9. The van der Waals surface area contributed by atoms with E-state index >= 15 is 0 Å². The summed E-state index contributed by atoms with van der Waals surface area (Å²) in [6, 6.07) is 7.72. The Bertz CT molecular complexity index is 361. The molecule has 0 radical (unpaired) electrons. The Hall–Kier alpha value is -1.57. The van der Waals surface area contributed by atoms with E-state index in [2.05, 4.69) is 6.58 Å². The van der Waals surface area contributed by atoms with Gasteiger partial charge in [0.15, 0.2) is 0 Å². The average Bonchev–Trinajstić information content (AvgIpc) is 2.28. The van der Waals surface area contributed by atoms with Crippen molar-refractivity contribution in [1.29, 1.82) is 0 Å². The first-order valence-corrected chi connectivity index (χ1v) is 4.83. The molecule has 0 aromatic heterocycles. The van der Waals surface area contributed by atoms with Crippen molar-refractivity contribution >= 4 is 12.0 Å². The standard InChI is InChI=1S/C13H16O2/c1-5-10-6-8-11(9-7-10)13(2,3)12(14)15-4/h5-9H,1H2,2-4H3. The zero-order valence-electron chi connectivity index (χ0n) is 9.41. The molecule has 0 aliphatic carbocycles. The van der Waals surface area contributed by atoms with Crippen molar-refractivity contribution in [3.8, 4) is 0 Å². The Kier molecular flexibility index (Phi) is 3.30. The van der Waals surface area contributed by atoms with Crippen LogP contribution in [0.5, 0.6) is 0 Å². The Morgan fingerprint density at radius 2 is 1.87 bits per heavy atom. The molecule has 80 valence electrons. The number of methoxy groups -OCH3 is 1. The minimum atomic E-state index is -0.603. The van der Waals surface area contributed by atoms with Gasteiger partial charge < -0.3 is 4.74 Å². The summed E-state index contributed by atoms with van der Waals surface area (Å²) in [6.07, 6.45) is 1.77. The molecular formula is C13H16O2. The number of carbonyl (C=O) groups excluding carboxylic acids is 1. The number of ether oxygens (including phenoxy) is 1. The molecule has 0 saturated heterocycles. The summed E-state index contributed by atoms with van der Waals surface area (Å²) >= 11 is 0. The Labute approximate surface area is 90.6 Å². The molecule has 15 heavy (non-hydrogen) atoms. The fourth-order valence-corrected chi connectivity index (χ4v) is 1.41. The largest absolute Gasteiger partial charge is 0.468 e. The lowest BCUT2D eigenvalue weighted by Crippen LogP contribution is -2.30. The highest BCUT2D eigenvalue weighted by Crippen LogP contribution is 2.24. The third-order valence-corrected chi connectivity index (χ3v) is 2.56. The molecule has 0 amide bonds. The van der Waals surface area contributed by atoms with E-state index < -0.39 is 5.41 Å². The van der Waals surface area contributed by atoms with Gasteiger partial charge in [0.05, 0.1) is 12.5 Å². The molecule has 0 N–H and O–H groups in total. The first-order valence-electron chi connectivity index (χ1n) is 4.83. The zero-order valence-corrected chi connectivity index (χ0v) is 9.41. The van der Waals surface area contributed by atoms with Crippen molar-refractivity contribution in [3.05, 3.63) is 42.0 Å². The topological polar surface area (TPSA) is 26.3 Å². The van der Waals surface area contributed by atoms with Crippen LogP contribution in [0.15, 0.2) is 30.8 Å². The number of hydrogen-bond acceptors (Lipinski definition) is 2. The molecule has 0 atom stereocenters. The molecule has 1 rings (SSSR count). The summed E-state index contributed by atoms with van der Waals surface area (Å²) in [7, 11) is 1.40. The van der Waals surface area contributed by atoms with Crippen LogP contribution in [0.1, 0.15) is 25.0 Å². The molecule has 1 aromatic carbocycles. The first kappa shape index (κ1) is 11.5. The third kappa shape index (κ3) is 2.27. The van der Waals surface area contributed by atoms with E-state index in [1.807, 2.05) is 38.1 Å². The lowest BCUT2D eigenvalue weighted by Gasteiger charge is -2.21. The molecular weight excluding hydrogens is 188 g/mol. The van der Waals surface area contributed by atoms with E-state index in [1.54, 1.807) is 6.08 Å². The first-order chi connectivity index (χ1) is 7.02. The van der Waals surface area contributed by atoms with Gasteiger partial charge in [-0.3, -0.25) is 4.79 Å². The summed E-state index contributed by atoms with van der Waals surface area (Å²) in [5, 5.41) is 0. The van der Waals surface area contributed by atoms with Crippen LogP contribution < -0.4 is 0 Å². The SMILES string of the molecule is C=Cc1ccc(C(C)(C)C(=O)OC)cc1. The lowest BCUT2D eigenvalue weighted by molar-refractivity contribution is -0.146. The maximum atomic E-state index is 11.5. The molecule has 0 heterocycles. The van der Waals surface area contributed by atoms with E-state index in [-0.39, 0.29) is 5.97 Å². The van der Waals surface area contributed by atoms with Gasteiger partial charge in [-0.1, -0.05) is 36.9 Å². The van der Waals surface area contributed by atoms with Crippen molar-refractivity contribution < 1.29 is 9.53 Å².